The van der Waals surface area contributed by atoms with Crippen molar-refractivity contribution in [1.29, 1.82) is 0 Å². The van der Waals surface area contributed by atoms with Crippen LogP contribution in [0, 0.1) is 0 Å². The molecule has 164 valence electrons. The SMILES string of the molecule is C.C.CC[C@@H](C)OCP(=O)(OC)OC.CC[C@@H](C)OCP(=O)(OC)OC. The Kier molecular flexibility index (Phi) is 24.1. The van der Waals surface area contributed by atoms with Gasteiger partial charge in [0.1, 0.15) is 12.7 Å². The van der Waals surface area contributed by atoms with Crippen LogP contribution in [-0.2, 0) is 36.7 Å². The third kappa shape index (κ3) is 16.4. The van der Waals surface area contributed by atoms with Crippen LogP contribution < -0.4 is 0 Å². The minimum Gasteiger partial charge on any atom is -0.366 e. The molecule has 0 spiro atoms. The Bertz CT molecular complexity index is 340. The Balaban J connectivity index is -0.000000173. The summed E-state index contributed by atoms with van der Waals surface area (Å²) in [6.45, 7) is 7.82. The molecule has 0 rings (SSSR count). The number of rotatable bonds is 12. The van der Waals surface area contributed by atoms with Crippen molar-refractivity contribution in [3.05, 3.63) is 0 Å². The van der Waals surface area contributed by atoms with Gasteiger partial charge in [-0.05, 0) is 26.7 Å². The molecule has 0 aromatic rings. The molecule has 0 aliphatic carbocycles. The third-order valence-corrected chi connectivity index (χ3v) is 6.45. The molecular formula is C16H42O8P2. The lowest BCUT2D eigenvalue weighted by molar-refractivity contribution is 0.0806. The van der Waals surface area contributed by atoms with E-state index in [2.05, 4.69) is 0 Å². The van der Waals surface area contributed by atoms with Crippen molar-refractivity contribution in [2.24, 2.45) is 0 Å². The first-order valence-electron chi connectivity index (χ1n) is 7.80. The quantitative estimate of drug-likeness (QED) is 0.365. The smallest absolute Gasteiger partial charge is 0.355 e. The fourth-order valence-corrected chi connectivity index (χ4v) is 2.63. The van der Waals surface area contributed by atoms with Crippen molar-refractivity contribution >= 4 is 15.2 Å². The van der Waals surface area contributed by atoms with Gasteiger partial charge in [-0.1, -0.05) is 28.7 Å². The molecule has 0 unspecified atom stereocenters. The summed E-state index contributed by atoms with van der Waals surface area (Å²) in [4.78, 5) is 0. The van der Waals surface area contributed by atoms with Gasteiger partial charge in [0, 0.05) is 28.4 Å². The summed E-state index contributed by atoms with van der Waals surface area (Å²) < 4.78 is 52.0. The van der Waals surface area contributed by atoms with Crippen molar-refractivity contribution in [3.8, 4) is 0 Å². The van der Waals surface area contributed by atoms with Gasteiger partial charge < -0.3 is 27.6 Å². The third-order valence-electron chi connectivity index (χ3n) is 3.30. The maximum Gasteiger partial charge on any atom is 0.355 e. The summed E-state index contributed by atoms with van der Waals surface area (Å²) in [6, 6.07) is 0. The van der Waals surface area contributed by atoms with E-state index in [1.165, 1.54) is 28.4 Å². The molecule has 0 heterocycles. The predicted molar refractivity (Wildman–Crippen MR) is 108 cm³/mol. The van der Waals surface area contributed by atoms with Crippen LogP contribution in [-0.4, -0.2) is 53.3 Å². The van der Waals surface area contributed by atoms with Crippen molar-refractivity contribution < 1.29 is 36.7 Å². The topological polar surface area (TPSA) is 89.5 Å². The van der Waals surface area contributed by atoms with Crippen LogP contribution in [0.3, 0.4) is 0 Å². The second kappa shape index (κ2) is 18.6. The molecule has 0 saturated carbocycles. The van der Waals surface area contributed by atoms with E-state index in [-0.39, 0.29) is 39.8 Å². The van der Waals surface area contributed by atoms with Gasteiger partial charge in [0.25, 0.3) is 0 Å². The lowest BCUT2D eigenvalue weighted by Crippen LogP contribution is -2.09. The molecule has 0 radical (unpaired) electrons. The van der Waals surface area contributed by atoms with Crippen LogP contribution in [0.5, 0.6) is 0 Å². The standard InChI is InChI=1S/2C7H17O4P.2CH4/c2*1-5-7(2)11-6-12(8,9-3)10-4;;/h2*7H,5-6H2,1-4H3;2*1H4/t2*7-;;/m11../s1. The van der Waals surface area contributed by atoms with E-state index in [1.54, 1.807) is 0 Å². The Morgan fingerprint density at radius 3 is 1.04 bits per heavy atom. The lowest BCUT2D eigenvalue weighted by Gasteiger charge is -2.16. The Morgan fingerprint density at radius 1 is 0.654 bits per heavy atom. The fraction of sp³-hybridized carbons (Fsp3) is 1.00. The van der Waals surface area contributed by atoms with Crippen molar-refractivity contribution in [3.63, 3.8) is 0 Å². The molecule has 0 bridgehead atoms. The molecule has 0 N–H and O–H groups in total. The minimum absolute atomic E-state index is 0. The number of ether oxygens (including phenoxy) is 2. The van der Waals surface area contributed by atoms with Gasteiger partial charge in [-0.2, -0.15) is 0 Å². The molecule has 0 aliphatic heterocycles. The van der Waals surface area contributed by atoms with Gasteiger partial charge in [0.05, 0.1) is 12.2 Å². The molecule has 0 aromatic heterocycles. The molecule has 0 aliphatic rings. The first-order chi connectivity index (χ1) is 11.2. The van der Waals surface area contributed by atoms with Gasteiger partial charge in [-0.15, -0.1) is 0 Å². The molecule has 2 atom stereocenters. The van der Waals surface area contributed by atoms with Gasteiger partial charge in [0.15, 0.2) is 0 Å². The average molecular weight is 424 g/mol. The minimum atomic E-state index is -2.97. The summed E-state index contributed by atoms with van der Waals surface area (Å²) in [7, 11) is -0.535. The first kappa shape index (κ1) is 33.8. The van der Waals surface area contributed by atoms with Gasteiger partial charge in [-0.25, -0.2) is 0 Å². The Labute approximate surface area is 161 Å². The maximum absolute atomic E-state index is 11.4. The van der Waals surface area contributed by atoms with E-state index in [4.69, 9.17) is 27.6 Å². The van der Waals surface area contributed by atoms with Crippen LogP contribution in [0.2, 0.25) is 0 Å². The van der Waals surface area contributed by atoms with Crippen LogP contribution in [0.15, 0.2) is 0 Å². The lowest BCUT2D eigenvalue weighted by atomic mass is 10.3. The first-order valence-corrected chi connectivity index (χ1v) is 11.3. The summed E-state index contributed by atoms with van der Waals surface area (Å²) in [5.74, 6) is 0. The molecule has 10 heteroatoms. The molecule has 0 fully saturated rings. The Morgan fingerprint density at radius 2 is 0.885 bits per heavy atom. The second-order valence-corrected chi connectivity index (χ2v) is 9.40. The molecule has 8 nitrogen and oxygen atoms in total. The predicted octanol–water partition coefficient (Wildman–Crippen LogP) is 5.76. The van der Waals surface area contributed by atoms with E-state index in [1.807, 2.05) is 27.7 Å². The number of hydrogen-bond acceptors (Lipinski definition) is 8. The van der Waals surface area contributed by atoms with Gasteiger partial charge in [0.2, 0.25) is 0 Å². The monoisotopic (exact) mass is 424 g/mol. The second-order valence-electron chi connectivity index (χ2n) is 4.98. The van der Waals surface area contributed by atoms with E-state index in [9.17, 15) is 9.13 Å². The van der Waals surface area contributed by atoms with Gasteiger partial charge in [-0.3, -0.25) is 9.13 Å². The normalized spacial score (nSPS) is 13.5. The van der Waals surface area contributed by atoms with Crippen LogP contribution >= 0.6 is 15.2 Å². The summed E-state index contributed by atoms with van der Waals surface area (Å²) in [6.07, 6.45) is 1.98. The largest absolute Gasteiger partial charge is 0.366 e. The molecule has 26 heavy (non-hydrogen) atoms. The summed E-state index contributed by atoms with van der Waals surface area (Å²) in [5, 5.41) is 0. The van der Waals surface area contributed by atoms with E-state index in [0.29, 0.717) is 0 Å². The summed E-state index contributed by atoms with van der Waals surface area (Å²) >= 11 is 0. The fourth-order valence-electron chi connectivity index (χ4n) is 1.03. The van der Waals surface area contributed by atoms with Crippen LogP contribution in [0.25, 0.3) is 0 Å². The zero-order chi connectivity index (χ0) is 19.2. The van der Waals surface area contributed by atoms with Crippen molar-refractivity contribution in [1.82, 2.24) is 0 Å². The van der Waals surface area contributed by atoms with E-state index in [0.717, 1.165) is 12.8 Å². The van der Waals surface area contributed by atoms with Crippen molar-refractivity contribution in [2.75, 3.05) is 41.1 Å². The zero-order valence-corrected chi connectivity index (χ0v) is 17.9. The van der Waals surface area contributed by atoms with Gasteiger partial charge >= 0.3 is 15.2 Å². The highest BCUT2D eigenvalue weighted by Crippen LogP contribution is 2.47. The highest BCUT2D eigenvalue weighted by molar-refractivity contribution is 7.53. The van der Waals surface area contributed by atoms with Crippen molar-refractivity contribution in [2.45, 2.75) is 67.6 Å². The molecule has 0 saturated heterocycles. The maximum atomic E-state index is 11.4. The zero-order valence-electron chi connectivity index (χ0n) is 16.1. The highest BCUT2D eigenvalue weighted by Gasteiger charge is 2.22. The molecular weight excluding hydrogens is 382 g/mol. The molecule has 0 aromatic carbocycles. The van der Waals surface area contributed by atoms with E-state index >= 15 is 0 Å². The van der Waals surface area contributed by atoms with E-state index < -0.39 is 15.2 Å². The average Bonchev–Trinajstić information content (AvgIpc) is 2.63. The molecule has 0 amide bonds. The van der Waals surface area contributed by atoms with Crippen LogP contribution in [0.1, 0.15) is 55.4 Å². The Hall–Kier alpha value is 0.220. The highest BCUT2D eigenvalue weighted by atomic mass is 31.2. The van der Waals surface area contributed by atoms with Crippen LogP contribution in [0.4, 0.5) is 0 Å². The number of hydrogen-bond donors (Lipinski definition) is 0. The summed E-state index contributed by atoms with van der Waals surface area (Å²) in [5.41, 5.74) is 0.